The Morgan fingerprint density at radius 2 is 2.18 bits per heavy atom. The van der Waals surface area contributed by atoms with Crippen LogP contribution in [0.4, 0.5) is 0 Å². The van der Waals surface area contributed by atoms with Crippen LogP contribution in [0.5, 0.6) is 11.5 Å². The first-order chi connectivity index (χ1) is 7.95. The van der Waals surface area contributed by atoms with E-state index in [9.17, 15) is 9.90 Å². The molecule has 0 aliphatic rings. The van der Waals surface area contributed by atoms with E-state index in [-0.39, 0.29) is 35.4 Å². The molecule has 0 aliphatic carbocycles. The predicted molar refractivity (Wildman–Crippen MR) is 61.5 cm³/mol. The average Bonchev–Trinajstić information content (AvgIpc) is 2.28. The summed E-state index contributed by atoms with van der Waals surface area (Å²) < 4.78 is 0. The zero-order valence-corrected chi connectivity index (χ0v) is 9.71. The summed E-state index contributed by atoms with van der Waals surface area (Å²) in [5.74, 6) is -1.04. The second kappa shape index (κ2) is 5.21. The molecule has 0 bridgehead atoms. The van der Waals surface area contributed by atoms with E-state index < -0.39 is 0 Å². The monoisotopic (exact) mass is 234 g/mol. The summed E-state index contributed by atoms with van der Waals surface area (Å²) in [6, 6.07) is 5.81. The minimum Gasteiger partial charge on any atom is -0.508 e. The Morgan fingerprint density at radius 3 is 2.71 bits per heavy atom. The molecule has 0 spiro atoms. The number of amides is 1. The fraction of sp³-hybridized carbons (Fsp3) is 0.333. The highest BCUT2D eigenvalue weighted by molar-refractivity contribution is 5.96. The first-order valence-corrected chi connectivity index (χ1v) is 5.12. The third-order valence-electron chi connectivity index (χ3n) is 2.33. The van der Waals surface area contributed by atoms with Gasteiger partial charge in [0.15, 0.2) is 0 Å². The molecule has 0 aromatic heterocycles. The number of carbonyl (C=O) groups is 1. The first-order valence-electron chi connectivity index (χ1n) is 5.12. The Balaban J connectivity index is 2.86. The summed E-state index contributed by atoms with van der Waals surface area (Å²) in [5, 5.41) is 27.3. The molecule has 1 aromatic rings. The third kappa shape index (κ3) is 3.11. The van der Waals surface area contributed by atoms with Gasteiger partial charge in [0.25, 0.3) is 5.91 Å². The second-order valence-corrected chi connectivity index (χ2v) is 3.92. The van der Waals surface area contributed by atoms with Crippen LogP contribution in [0.15, 0.2) is 18.2 Å². The number of phenols is 2. The molecule has 5 heteroatoms. The topological polar surface area (TPSA) is 84.6 Å². The Labute approximate surface area is 99.5 Å². The molecule has 0 saturated carbocycles. The van der Waals surface area contributed by atoms with Crippen molar-refractivity contribution in [2.45, 2.75) is 6.92 Å². The van der Waals surface area contributed by atoms with E-state index in [1.807, 2.05) is 6.07 Å². The molecule has 0 fully saturated rings. The normalized spacial score (nSPS) is 11.6. The lowest BCUT2D eigenvalue weighted by Gasteiger charge is -2.18. The molecule has 90 valence electrons. The summed E-state index contributed by atoms with van der Waals surface area (Å²) in [7, 11) is 1.56. The zero-order chi connectivity index (χ0) is 13.0. The van der Waals surface area contributed by atoms with Crippen molar-refractivity contribution in [2.75, 3.05) is 13.6 Å². The maximum absolute atomic E-state index is 11.9. The molecule has 0 aliphatic heterocycles. The molecule has 0 heterocycles. The Bertz CT molecular complexity index is 465. The van der Waals surface area contributed by atoms with Crippen molar-refractivity contribution in [1.82, 2.24) is 4.90 Å². The Kier molecular flexibility index (Phi) is 3.94. The van der Waals surface area contributed by atoms with E-state index >= 15 is 0 Å². The minimum absolute atomic E-state index is 0.105. The molecule has 1 rings (SSSR count). The van der Waals surface area contributed by atoms with Gasteiger partial charge in [-0.05, 0) is 19.1 Å². The van der Waals surface area contributed by atoms with Gasteiger partial charge >= 0.3 is 0 Å². The maximum atomic E-state index is 11.9. The van der Waals surface area contributed by atoms with Crippen LogP contribution in [-0.2, 0) is 0 Å². The quantitative estimate of drug-likeness (QED) is 0.826. The molecule has 1 unspecified atom stereocenters. The summed E-state index contributed by atoms with van der Waals surface area (Å²) in [6.45, 7) is 2.00. The summed E-state index contributed by atoms with van der Waals surface area (Å²) >= 11 is 0. The number of hydrogen-bond donors (Lipinski definition) is 2. The van der Waals surface area contributed by atoms with Crippen molar-refractivity contribution in [3.63, 3.8) is 0 Å². The van der Waals surface area contributed by atoms with E-state index in [1.54, 1.807) is 14.0 Å². The third-order valence-corrected chi connectivity index (χ3v) is 2.33. The van der Waals surface area contributed by atoms with Crippen molar-refractivity contribution >= 4 is 5.91 Å². The van der Waals surface area contributed by atoms with Gasteiger partial charge in [-0.25, -0.2) is 0 Å². The largest absolute Gasteiger partial charge is 0.508 e. The molecule has 1 amide bonds. The van der Waals surface area contributed by atoms with Crippen molar-refractivity contribution in [3.05, 3.63) is 23.8 Å². The van der Waals surface area contributed by atoms with Crippen LogP contribution in [0.2, 0.25) is 0 Å². The lowest BCUT2D eigenvalue weighted by atomic mass is 10.1. The highest BCUT2D eigenvalue weighted by Gasteiger charge is 2.17. The van der Waals surface area contributed by atoms with Crippen molar-refractivity contribution in [2.24, 2.45) is 5.92 Å². The molecule has 1 aromatic carbocycles. The van der Waals surface area contributed by atoms with E-state index in [2.05, 4.69) is 0 Å². The van der Waals surface area contributed by atoms with E-state index in [1.165, 1.54) is 17.0 Å². The molecule has 0 radical (unpaired) electrons. The van der Waals surface area contributed by atoms with Crippen LogP contribution in [-0.4, -0.2) is 34.6 Å². The second-order valence-electron chi connectivity index (χ2n) is 3.92. The molecule has 2 N–H and O–H groups in total. The number of benzene rings is 1. The number of nitrogens with zero attached hydrogens (tertiary/aromatic N) is 2. The highest BCUT2D eigenvalue weighted by atomic mass is 16.3. The molecule has 1 atom stereocenters. The number of carbonyl (C=O) groups excluding carboxylic acids is 1. The van der Waals surface area contributed by atoms with Crippen LogP contribution in [0.1, 0.15) is 17.3 Å². The summed E-state index contributed by atoms with van der Waals surface area (Å²) in [6.07, 6.45) is 0. The van der Waals surface area contributed by atoms with Gasteiger partial charge in [0.2, 0.25) is 0 Å². The number of phenolic OH excluding ortho intramolecular Hbond substituents is 2. The lowest BCUT2D eigenvalue weighted by molar-refractivity contribution is 0.0782. The van der Waals surface area contributed by atoms with Gasteiger partial charge in [-0.2, -0.15) is 5.26 Å². The van der Waals surface area contributed by atoms with Crippen molar-refractivity contribution in [3.8, 4) is 17.6 Å². The predicted octanol–water partition coefficient (Wildman–Crippen LogP) is 1.33. The van der Waals surface area contributed by atoms with Crippen LogP contribution in [0.3, 0.4) is 0 Å². The van der Waals surface area contributed by atoms with E-state index in [0.717, 1.165) is 6.07 Å². The van der Waals surface area contributed by atoms with Crippen molar-refractivity contribution < 1.29 is 15.0 Å². The molecule has 5 nitrogen and oxygen atoms in total. The zero-order valence-electron chi connectivity index (χ0n) is 9.71. The van der Waals surface area contributed by atoms with Crippen LogP contribution in [0.25, 0.3) is 0 Å². The maximum Gasteiger partial charge on any atom is 0.257 e. The number of nitriles is 1. The lowest BCUT2D eigenvalue weighted by Crippen LogP contribution is -2.30. The van der Waals surface area contributed by atoms with Gasteiger partial charge in [-0.3, -0.25) is 4.79 Å². The minimum atomic E-state index is -0.385. The molecule has 17 heavy (non-hydrogen) atoms. The van der Waals surface area contributed by atoms with Gasteiger partial charge in [0, 0.05) is 19.7 Å². The number of hydrogen-bond acceptors (Lipinski definition) is 4. The SMILES string of the molecule is CC(C#N)CN(C)C(=O)c1ccc(O)cc1O. The molecular formula is C12H14N2O3. The first kappa shape index (κ1) is 12.8. The summed E-state index contributed by atoms with van der Waals surface area (Å²) in [5.41, 5.74) is 0.107. The van der Waals surface area contributed by atoms with Gasteiger partial charge in [0.1, 0.15) is 11.5 Å². The van der Waals surface area contributed by atoms with Crippen LogP contribution < -0.4 is 0 Å². The van der Waals surface area contributed by atoms with Gasteiger partial charge in [-0.1, -0.05) is 0 Å². The van der Waals surface area contributed by atoms with Gasteiger partial charge in [-0.15, -0.1) is 0 Å². The molecule has 0 saturated heterocycles. The van der Waals surface area contributed by atoms with E-state index in [4.69, 9.17) is 10.4 Å². The smallest absolute Gasteiger partial charge is 0.257 e. The van der Waals surface area contributed by atoms with Crippen LogP contribution >= 0.6 is 0 Å². The summed E-state index contributed by atoms with van der Waals surface area (Å²) in [4.78, 5) is 13.3. The van der Waals surface area contributed by atoms with Crippen LogP contribution in [0, 0.1) is 17.2 Å². The number of rotatable bonds is 3. The molecular weight excluding hydrogens is 220 g/mol. The Morgan fingerprint density at radius 1 is 1.53 bits per heavy atom. The van der Waals surface area contributed by atoms with Gasteiger partial charge < -0.3 is 15.1 Å². The fourth-order valence-corrected chi connectivity index (χ4v) is 1.44. The van der Waals surface area contributed by atoms with E-state index in [0.29, 0.717) is 0 Å². The van der Waals surface area contributed by atoms with Crippen molar-refractivity contribution in [1.29, 1.82) is 5.26 Å². The highest BCUT2D eigenvalue weighted by Crippen LogP contribution is 2.23. The Hall–Kier alpha value is -2.22. The number of aromatic hydroxyl groups is 2. The average molecular weight is 234 g/mol. The standard InChI is InChI=1S/C12H14N2O3/c1-8(6-13)7-14(2)12(17)10-4-3-9(15)5-11(10)16/h3-5,8,15-16H,7H2,1-2H3. The fourth-order valence-electron chi connectivity index (χ4n) is 1.44. The van der Waals surface area contributed by atoms with Gasteiger partial charge in [0.05, 0.1) is 17.6 Å².